The van der Waals surface area contributed by atoms with E-state index in [1.807, 2.05) is 0 Å². The van der Waals surface area contributed by atoms with E-state index in [0.717, 1.165) is 25.7 Å². The molecule has 0 unspecified atom stereocenters. The molecule has 0 saturated heterocycles. The van der Waals surface area contributed by atoms with Crippen molar-refractivity contribution in [1.82, 2.24) is 0 Å². The molecule has 0 bridgehead atoms. The highest BCUT2D eigenvalue weighted by molar-refractivity contribution is 6.43. The normalized spacial score (nSPS) is 16.8. The first kappa shape index (κ1) is 12.7. The Morgan fingerprint density at radius 3 is 2.59 bits per heavy atom. The summed E-state index contributed by atoms with van der Waals surface area (Å²) in [7, 11) is 0. The molecule has 0 aromatic heterocycles. The fourth-order valence-electron chi connectivity index (χ4n) is 2.09. The molecule has 17 heavy (non-hydrogen) atoms. The van der Waals surface area contributed by atoms with Gasteiger partial charge in [-0.15, -0.1) is 0 Å². The van der Waals surface area contributed by atoms with Crippen LogP contribution >= 0.6 is 23.2 Å². The van der Waals surface area contributed by atoms with E-state index < -0.39 is 0 Å². The summed E-state index contributed by atoms with van der Waals surface area (Å²) in [6.45, 7) is 0. The van der Waals surface area contributed by atoms with Gasteiger partial charge in [-0.3, -0.25) is 4.79 Å². The zero-order valence-corrected chi connectivity index (χ0v) is 10.9. The molecule has 2 nitrogen and oxygen atoms in total. The predicted octanol–water partition coefficient (Wildman–Crippen LogP) is 4.48. The maximum Gasteiger partial charge on any atom is 0.314 e. The summed E-state index contributed by atoms with van der Waals surface area (Å²) in [4.78, 5) is 11.9. The second-order valence-electron chi connectivity index (χ2n) is 4.31. The number of rotatable bonds is 2. The molecule has 0 radical (unpaired) electrons. The SMILES string of the molecule is O=C(Oc1cccc(Cl)c1Cl)C1CCCCC1. The van der Waals surface area contributed by atoms with Crippen LogP contribution in [0.4, 0.5) is 0 Å². The fourth-order valence-corrected chi connectivity index (χ4v) is 2.42. The Kier molecular flexibility index (Phi) is 4.30. The van der Waals surface area contributed by atoms with Gasteiger partial charge in [0.2, 0.25) is 0 Å². The van der Waals surface area contributed by atoms with E-state index in [-0.39, 0.29) is 11.9 Å². The van der Waals surface area contributed by atoms with Gasteiger partial charge in [-0.2, -0.15) is 0 Å². The maximum absolute atomic E-state index is 11.9. The van der Waals surface area contributed by atoms with Gasteiger partial charge < -0.3 is 4.74 Å². The number of hydrogen-bond acceptors (Lipinski definition) is 2. The molecule has 1 saturated carbocycles. The summed E-state index contributed by atoms with van der Waals surface area (Å²) < 4.78 is 5.31. The van der Waals surface area contributed by atoms with Crippen molar-refractivity contribution in [3.05, 3.63) is 28.2 Å². The smallest absolute Gasteiger partial charge is 0.314 e. The zero-order valence-electron chi connectivity index (χ0n) is 9.42. The average molecular weight is 273 g/mol. The highest BCUT2D eigenvalue weighted by atomic mass is 35.5. The Hall–Kier alpha value is -0.730. The summed E-state index contributed by atoms with van der Waals surface area (Å²) >= 11 is 11.8. The molecule has 1 aromatic carbocycles. The van der Waals surface area contributed by atoms with Gasteiger partial charge in [-0.25, -0.2) is 0 Å². The average Bonchev–Trinajstić information content (AvgIpc) is 2.36. The van der Waals surface area contributed by atoms with Crippen LogP contribution in [0.2, 0.25) is 10.0 Å². The van der Waals surface area contributed by atoms with Crippen LogP contribution in [0.1, 0.15) is 32.1 Å². The summed E-state index contributed by atoms with van der Waals surface area (Å²) in [6.07, 6.45) is 5.24. The molecular formula is C13H14Cl2O2. The second-order valence-corrected chi connectivity index (χ2v) is 5.09. The van der Waals surface area contributed by atoms with Gasteiger partial charge in [0, 0.05) is 0 Å². The van der Waals surface area contributed by atoms with Gasteiger partial charge >= 0.3 is 5.97 Å². The Bertz CT molecular complexity index is 412. The first-order valence-corrected chi connectivity index (χ1v) is 6.60. The van der Waals surface area contributed by atoms with Crippen LogP contribution in [0.15, 0.2) is 18.2 Å². The van der Waals surface area contributed by atoms with Crippen molar-refractivity contribution < 1.29 is 9.53 Å². The molecule has 2 rings (SSSR count). The van der Waals surface area contributed by atoms with Crippen LogP contribution in [0.3, 0.4) is 0 Å². The van der Waals surface area contributed by atoms with Crippen molar-refractivity contribution in [2.45, 2.75) is 32.1 Å². The quantitative estimate of drug-likeness (QED) is 0.586. The van der Waals surface area contributed by atoms with Crippen LogP contribution in [-0.4, -0.2) is 5.97 Å². The third kappa shape index (κ3) is 3.14. The molecule has 4 heteroatoms. The number of carbonyl (C=O) groups is 1. The number of halogens is 2. The summed E-state index contributed by atoms with van der Waals surface area (Å²) in [5, 5.41) is 0.707. The topological polar surface area (TPSA) is 26.3 Å². The molecule has 0 heterocycles. The lowest BCUT2D eigenvalue weighted by atomic mass is 9.89. The molecule has 1 aliphatic carbocycles. The van der Waals surface area contributed by atoms with E-state index in [1.165, 1.54) is 6.42 Å². The molecule has 0 aliphatic heterocycles. The Labute approximate surface area is 111 Å². The number of hydrogen-bond donors (Lipinski definition) is 0. The van der Waals surface area contributed by atoms with E-state index in [4.69, 9.17) is 27.9 Å². The molecule has 0 amide bonds. The Balaban J connectivity index is 2.04. The third-order valence-corrected chi connectivity index (χ3v) is 3.87. The van der Waals surface area contributed by atoms with Gasteiger partial charge in [0.1, 0.15) is 5.02 Å². The van der Waals surface area contributed by atoms with Crippen LogP contribution in [0.25, 0.3) is 0 Å². The number of benzene rings is 1. The van der Waals surface area contributed by atoms with Crippen LogP contribution in [0, 0.1) is 5.92 Å². The number of esters is 1. The molecule has 1 fully saturated rings. The largest absolute Gasteiger partial charge is 0.425 e. The zero-order chi connectivity index (χ0) is 12.3. The third-order valence-electron chi connectivity index (χ3n) is 3.07. The first-order chi connectivity index (χ1) is 8.18. The predicted molar refractivity (Wildman–Crippen MR) is 68.7 cm³/mol. The molecule has 0 spiro atoms. The van der Waals surface area contributed by atoms with E-state index in [1.54, 1.807) is 18.2 Å². The Morgan fingerprint density at radius 1 is 1.18 bits per heavy atom. The van der Waals surface area contributed by atoms with Gasteiger partial charge in [-0.05, 0) is 25.0 Å². The maximum atomic E-state index is 11.9. The summed E-state index contributed by atoms with van der Waals surface area (Å²) in [5.41, 5.74) is 0. The molecule has 0 N–H and O–H groups in total. The molecule has 0 atom stereocenters. The molecule has 1 aliphatic rings. The van der Waals surface area contributed by atoms with Crippen molar-refractivity contribution in [3.63, 3.8) is 0 Å². The minimum absolute atomic E-state index is 0.0128. The van der Waals surface area contributed by atoms with E-state index in [2.05, 4.69) is 0 Å². The van der Waals surface area contributed by atoms with Crippen LogP contribution in [-0.2, 0) is 4.79 Å². The van der Waals surface area contributed by atoms with Crippen LogP contribution < -0.4 is 4.74 Å². The Morgan fingerprint density at radius 2 is 1.88 bits per heavy atom. The lowest BCUT2D eigenvalue weighted by Gasteiger charge is -2.20. The standard InChI is InChI=1S/C13H14Cl2O2/c14-10-7-4-8-11(12(10)15)17-13(16)9-5-2-1-3-6-9/h4,7-9H,1-3,5-6H2. The second kappa shape index (κ2) is 5.74. The van der Waals surface area contributed by atoms with Crippen LogP contribution in [0.5, 0.6) is 5.75 Å². The van der Waals surface area contributed by atoms with Crippen molar-refractivity contribution in [3.8, 4) is 5.75 Å². The van der Waals surface area contributed by atoms with Crippen molar-refractivity contribution in [2.75, 3.05) is 0 Å². The van der Waals surface area contributed by atoms with Gasteiger partial charge in [-0.1, -0.05) is 48.5 Å². The van der Waals surface area contributed by atoms with Gasteiger partial charge in [0.25, 0.3) is 0 Å². The molecular weight excluding hydrogens is 259 g/mol. The van der Waals surface area contributed by atoms with Gasteiger partial charge in [0.05, 0.1) is 10.9 Å². The minimum atomic E-state index is -0.186. The minimum Gasteiger partial charge on any atom is -0.425 e. The fraction of sp³-hybridized carbons (Fsp3) is 0.462. The van der Waals surface area contributed by atoms with Crippen molar-refractivity contribution in [2.24, 2.45) is 5.92 Å². The summed E-state index contributed by atoms with van der Waals surface area (Å²) in [6, 6.07) is 5.05. The monoisotopic (exact) mass is 272 g/mol. The first-order valence-electron chi connectivity index (χ1n) is 5.84. The highest BCUT2D eigenvalue weighted by Crippen LogP contribution is 2.33. The van der Waals surface area contributed by atoms with E-state index in [9.17, 15) is 4.79 Å². The lowest BCUT2D eigenvalue weighted by molar-refractivity contribution is -0.139. The van der Waals surface area contributed by atoms with E-state index >= 15 is 0 Å². The van der Waals surface area contributed by atoms with Crippen molar-refractivity contribution >= 4 is 29.2 Å². The summed E-state index contributed by atoms with van der Waals surface area (Å²) in [5.74, 6) is 0.183. The highest BCUT2D eigenvalue weighted by Gasteiger charge is 2.23. The number of carbonyl (C=O) groups excluding carboxylic acids is 1. The van der Waals surface area contributed by atoms with E-state index in [0.29, 0.717) is 15.8 Å². The van der Waals surface area contributed by atoms with Crippen molar-refractivity contribution in [1.29, 1.82) is 0 Å². The van der Waals surface area contributed by atoms with Gasteiger partial charge in [0.15, 0.2) is 5.75 Å². The number of ether oxygens (including phenoxy) is 1. The molecule has 1 aromatic rings. The molecule has 92 valence electrons. The lowest BCUT2D eigenvalue weighted by Crippen LogP contribution is -2.22.